The third kappa shape index (κ3) is 5.54. The SMILES string of the molecule is COCC(C)OCC(O)CNC1CC1. The van der Waals surface area contributed by atoms with Gasteiger partial charge >= 0.3 is 0 Å². The van der Waals surface area contributed by atoms with E-state index in [0.29, 0.717) is 25.8 Å². The molecule has 0 spiro atoms. The Morgan fingerprint density at radius 2 is 2.14 bits per heavy atom. The molecule has 2 N–H and O–H groups in total. The highest BCUT2D eigenvalue weighted by Gasteiger charge is 2.21. The van der Waals surface area contributed by atoms with Crippen LogP contribution in [0.3, 0.4) is 0 Å². The quantitative estimate of drug-likeness (QED) is 0.589. The number of rotatable bonds is 8. The first-order chi connectivity index (χ1) is 6.72. The molecule has 2 atom stereocenters. The molecule has 1 aliphatic rings. The van der Waals surface area contributed by atoms with E-state index < -0.39 is 6.10 Å². The smallest absolute Gasteiger partial charge is 0.0897 e. The molecule has 0 radical (unpaired) electrons. The van der Waals surface area contributed by atoms with Crippen LogP contribution in [0.1, 0.15) is 19.8 Å². The molecule has 84 valence electrons. The number of hydrogen-bond acceptors (Lipinski definition) is 4. The van der Waals surface area contributed by atoms with Crippen molar-refractivity contribution in [1.29, 1.82) is 0 Å². The molecule has 0 aromatic carbocycles. The predicted molar refractivity (Wildman–Crippen MR) is 54.3 cm³/mol. The zero-order chi connectivity index (χ0) is 10.4. The lowest BCUT2D eigenvalue weighted by Gasteiger charge is -2.16. The number of aliphatic hydroxyl groups is 1. The Morgan fingerprint density at radius 1 is 1.43 bits per heavy atom. The van der Waals surface area contributed by atoms with Gasteiger partial charge < -0.3 is 19.9 Å². The summed E-state index contributed by atoms with van der Waals surface area (Å²) in [7, 11) is 1.64. The van der Waals surface area contributed by atoms with Crippen LogP contribution in [0.5, 0.6) is 0 Å². The summed E-state index contributed by atoms with van der Waals surface area (Å²) in [5, 5.41) is 12.8. The second-order valence-corrected chi connectivity index (χ2v) is 3.94. The maximum absolute atomic E-state index is 9.51. The summed E-state index contributed by atoms with van der Waals surface area (Å²) < 4.78 is 10.3. The first-order valence-electron chi connectivity index (χ1n) is 5.24. The molecule has 1 fully saturated rings. The number of nitrogens with one attached hydrogen (secondary N) is 1. The molecule has 1 saturated carbocycles. The Bertz CT molecular complexity index is 150. The van der Waals surface area contributed by atoms with Crippen molar-refractivity contribution in [3.8, 4) is 0 Å². The Balaban J connectivity index is 1.92. The van der Waals surface area contributed by atoms with Crippen molar-refractivity contribution in [3.63, 3.8) is 0 Å². The predicted octanol–water partition coefficient (Wildman–Crippen LogP) is 0.151. The summed E-state index contributed by atoms with van der Waals surface area (Å²) in [4.78, 5) is 0. The summed E-state index contributed by atoms with van der Waals surface area (Å²) in [6.07, 6.45) is 2.13. The maximum Gasteiger partial charge on any atom is 0.0897 e. The molecule has 0 bridgehead atoms. The van der Waals surface area contributed by atoms with Gasteiger partial charge in [-0.15, -0.1) is 0 Å². The van der Waals surface area contributed by atoms with E-state index in [9.17, 15) is 5.11 Å². The molecule has 1 rings (SSSR count). The third-order valence-corrected chi connectivity index (χ3v) is 2.19. The molecular formula is C10H21NO3. The van der Waals surface area contributed by atoms with Crippen molar-refractivity contribution < 1.29 is 14.6 Å². The summed E-state index contributed by atoms with van der Waals surface area (Å²) >= 11 is 0. The molecule has 0 amide bonds. The Labute approximate surface area is 85.6 Å². The lowest BCUT2D eigenvalue weighted by Crippen LogP contribution is -2.33. The average molecular weight is 203 g/mol. The topological polar surface area (TPSA) is 50.7 Å². The van der Waals surface area contributed by atoms with Crippen LogP contribution in [0, 0.1) is 0 Å². The van der Waals surface area contributed by atoms with E-state index in [2.05, 4.69) is 5.32 Å². The number of hydrogen-bond donors (Lipinski definition) is 2. The van der Waals surface area contributed by atoms with Crippen molar-refractivity contribution in [3.05, 3.63) is 0 Å². The van der Waals surface area contributed by atoms with Gasteiger partial charge in [0, 0.05) is 19.7 Å². The first kappa shape index (κ1) is 11.9. The second-order valence-electron chi connectivity index (χ2n) is 3.94. The number of methoxy groups -OCH3 is 1. The van der Waals surface area contributed by atoms with E-state index in [1.165, 1.54) is 12.8 Å². The molecule has 0 aliphatic heterocycles. The van der Waals surface area contributed by atoms with Gasteiger partial charge in [0.2, 0.25) is 0 Å². The van der Waals surface area contributed by atoms with Gasteiger partial charge in [-0.25, -0.2) is 0 Å². The van der Waals surface area contributed by atoms with Gasteiger partial charge in [0.05, 0.1) is 25.4 Å². The summed E-state index contributed by atoms with van der Waals surface area (Å²) in [6.45, 7) is 3.52. The van der Waals surface area contributed by atoms with E-state index in [0.717, 1.165) is 0 Å². The minimum atomic E-state index is -0.407. The van der Waals surface area contributed by atoms with E-state index in [4.69, 9.17) is 9.47 Å². The molecular weight excluding hydrogens is 182 g/mol. The highest BCUT2D eigenvalue weighted by atomic mass is 16.5. The van der Waals surface area contributed by atoms with Crippen LogP contribution in [0.4, 0.5) is 0 Å². The Hall–Kier alpha value is -0.160. The average Bonchev–Trinajstić information content (AvgIpc) is 2.95. The van der Waals surface area contributed by atoms with Gasteiger partial charge in [0.1, 0.15) is 0 Å². The zero-order valence-electron chi connectivity index (χ0n) is 9.03. The normalized spacial score (nSPS) is 20.8. The fourth-order valence-electron chi connectivity index (χ4n) is 1.21. The molecule has 2 unspecified atom stereocenters. The molecule has 0 aromatic heterocycles. The Kier molecular flexibility index (Phi) is 5.40. The summed E-state index contributed by atoms with van der Waals surface area (Å²) in [5.74, 6) is 0. The second kappa shape index (κ2) is 6.35. The Morgan fingerprint density at radius 3 is 2.71 bits per heavy atom. The summed E-state index contributed by atoms with van der Waals surface area (Å²) in [5.41, 5.74) is 0. The van der Waals surface area contributed by atoms with E-state index >= 15 is 0 Å². The van der Waals surface area contributed by atoms with Crippen LogP contribution in [0.2, 0.25) is 0 Å². The van der Waals surface area contributed by atoms with Crippen LogP contribution in [0.15, 0.2) is 0 Å². The molecule has 4 heteroatoms. The minimum absolute atomic E-state index is 0.0515. The first-order valence-corrected chi connectivity index (χ1v) is 5.24. The number of ether oxygens (including phenoxy) is 2. The van der Waals surface area contributed by atoms with Gasteiger partial charge in [-0.2, -0.15) is 0 Å². The van der Waals surface area contributed by atoms with Crippen LogP contribution in [-0.2, 0) is 9.47 Å². The van der Waals surface area contributed by atoms with Crippen molar-refractivity contribution in [2.75, 3.05) is 26.9 Å². The maximum atomic E-state index is 9.51. The van der Waals surface area contributed by atoms with Crippen molar-refractivity contribution in [1.82, 2.24) is 5.32 Å². The lowest BCUT2D eigenvalue weighted by atomic mass is 10.3. The largest absolute Gasteiger partial charge is 0.389 e. The monoisotopic (exact) mass is 203 g/mol. The highest BCUT2D eigenvalue weighted by molar-refractivity contribution is 4.81. The van der Waals surface area contributed by atoms with Gasteiger partial charge in [-0.1, -0.05) is 0 Å². The number of aliphatic hydroxyl groups excluding tert-OH is 1. The van der Waals surface area contributed by atoms with Gasteiger partial charge in [0.25, 0.3) is 0 Å². The molecule has 1 aliphatic carbocycles. The van der Waals surface area contributed by atoms with E-state index in [1.54, 1.807) is 7.11 Å². The van der Waals surface area contributed by atoms with Gasteiger partial charge in [-0.3, -0.25) is 0 Å². The lowest BCUT2D eigenvalue weighted by molar-refractivity contribution is -0.0311. The van der Waals surface area contributed by atoms with Crippen molar-refractivity contribution in [2.45, 2.75) is 38.0 Å². The van der Waals surface area contributed by atoms with Crippen LogP contribution < -0.4 is 5.32 Å². The molecule has 0 aromatic rings. The van der Waals surface area contributed by atoms with Crippen LogP contribution >= 0.6 is 0 Å². The molecule has 0 saturated heterocycles. The van der Waals surface area contributed by atoms with E-state index in [-0.39, 0.29) is 6.10 Å². The minimum Gasteiger partial charge on any atom is -0.389 e. The summed E-state index contributed by atoms with van der Waals surface area (Å²) in [6, 6.07) is 0.640. The molecule has 0 heterocycles. The fourth-order valence-corrected chi connectivity index (χ4v) is 1.21. The standard InChI is InChI=1S/C10H21NO3/c1-8(6-13-2)14-7-10(12)5-11-9-3-4-9/h8-12H,3-7H2,1-2H3. The van der Waals surface area contributed by atoms with Gasteiger partial charge in [0.15, 0.2) is 0 Å². The third-order valence-electron chi connectivity index (χ3n) is 2.19. The molecule has 4 nitrogen and oxygen atoms in total. The zero-order valence-corrected chi connectivity index (χ0v) is 9.03. The van der Waals surface area contributed by atoms with Crippen LogP contribution in [-0.4, -0.2) is 50.2 Å². The van der Waals surface area contributed by atoms with Crippen molar-refractivity contribution in [2.24, 2.45) is 0 Å². The van der Waals surface area contributed by atoms with Crippen LogP contribution in [0.25, 0.3) is 0 Å². The van der Waals surface area contributed by atoms with E-state index in [1.807, 2.05) is 6.92 Å². The highest BCUT2D eigenvalue weighted by Crippen LogP contribution is 2.18. The van der Waals surface area contributed by atoms with Gasteiger partial charge in [-0.05, 0) is 19.8 Å². The fraction of sp³-hybridized carbons (Fsp3) is 1.00. The molecule has 14 heavy (non-hydrogen) atoms. The van der Waals surface area contributed by atoms with Crippen molar-refractivity contribution >= 4 is 0 Å².